The highest BCUT2D eigenvalue weighted by Gasteiger charge is 2.10. The van der Waals surface area contributed by atoms with Crippen molar-refractivity contribution in [1.82, 2.24) is 0 Å². The van der Waals surface area contributed by atoms with Crippen LogP contribution in [0.3, 0.4) is 0 Å². The Morgan fingerprint density at radius 3 is 2.33 bits per heavy atom. The number of benzene rings is 1. The van der Waals surface area contributed by atoms with Crippen LogP contribution in [0.15, 0.2) is 29.2 Å². The topological polar surface area (TPSA) is 97.5 Å². The molecule has 18 heavy (non-hydrogen) atoms. The fraction of sp³-hybridized carbons (Fsp3) is 0.417. The van der Waals surface area contributed by atoms with Gasteiger partial charge in [-0.05, 0) is 37.0 Å². The molecule has 0 saturated carbocycles. The molecule has 0 spiro atoms. The summed E-state index contributed by atoms with van der Waals surface area (Å²) in [6.45, 7) is 0. The molecule has 100 valence electrons. The lowest BCUT2D eigenvalue weighted by Crippen LogP contribution is -2.29. The molecule has 0 heterocycles. The van der Waals surface area contributed by atoms with Gasteiger partial charge in [0.15, 0.2) is 9.84 Å². The van der Waals surface area contributed by atoms with Crippen molar-refractivity contribution in [3.05, 3.63) is 29.8 Å². The van der Waals surface area contributed by atoms with Gasteiger partial charge in [0.1, 0.15) is 6.04 Å². The quantitative estimate of drug-likeness (QED) is 0.798. The predicted molar refractivity (Wildman–Crippen MR) is 68.1 cm³/mol. The second-order valence-corrected chi connectivity index (χ2v) is 6.27. The molecule has 1 atom stereocenters. The number of sulfone groups is 1. The standard InChI is InChI=1S/C12H17NO4S/c1-18(16,17)10-7-5-9(6-8-10)3-2-4-11(13)12(14)15/h5-8,11H,2-4,13H2,1H3,(H,14,15). The first kappa shape index (κ1) is 14.7. The van der Waals surface area contributed by atoms with E-state index in [4.69, 9.17) is 10.8 Å². The van der Waals surface area contributed by atoms with Crippen molar-refractivity contribution >= 4 is 15.8 Å². The third-order valence-electron chi connectivity index (χ3n) is 2.65. The van der Waals surface area contributed by atoms with Crippen molar-refractivity contribution in [2.24, 2.45) is 5.73 Å². The average Bonchev–Trinajstić information content (AvgIpc) is 2.28. The van der Waals surface area contributed by atoms with Crippen molar-refractivity contribution in [3.63, 3.8) is 0 Å². The van der Waals surface area contributed by atoms with Gasteiger partial charge in [0.05, 0.1) is 4.90 Å². The van der Waals surface area contributed by atoms with Gasteiger partial charge in [0.2, 0.25) is 0 Å². The molecule has 1 aromatic carbocycles. The Morgan fingerprint density at radius 2 is 1.89 bits per heavy atom. The summed E-state index contributed by atoms with van der Waals surface area (Å²) >= 11 is 0. The van der Waals surface area contributed by atoms with E-state index in [0.29, 0.717) is 19.3 Å². The number of hydrogen-bond donors (Lipinski definition) is 2. The molecule has 5 nitrogen and oxygen atoms in total. The van der Waals surface area contributed by atoms with E-state index in [1.807, 2.05) is 0 Å². The Morgan fingerprint density at radius 1 is 1.33 bits per heavy atom. The summed E-state index contributed by atoms with van der Waals surface area (Å²) in [5.41, 5.74) is 6.36. The summed E-state index contributed by atoms with van der Waals surface area (Å²) in [6.07, 6.45) is 2.91. The minimum absolute atomic E-state index is 0.286. The Bertz CT molecular complexity index is 507. The number of carbonyl (C=O) groups is 1. The Kier molecular flexibility index (Phi) is 4.86. The zero-order chi connectivity index (χ0) is 13.8. The van der Waals surface area contributed by atoms with Gasteiger partial charge < -0.3 is 10.8 Å². The Balaban J connectivity index is 2.52. The third-order valence-corrected chi connectivity index (χ3v) is 3.78. The highest BCUT2D eigenvalue weighted by Crippen LogP contribution is 2.12. The lowest BCUT2D eigenvalue weighted by atomic mass is 10.1. The zero-order valence-corrected chi connectivity index (χ0v) is 11.0. The maximum Gasteiger partial charge on any atom is 0.320 e. The smallest absolute Gasteiger partial charge is 0.320 e. The van der Waals surface area contributed by atoms with Crippen molar-refractivity contribution in [2.45, 2.75) is 30.2 Å². The molecule has 0 aromatic heterocycles. The summed E-state index contributed by atoms with van der Waals surface area (Å²) in [5.74, 6) is -0.998. The van der Waals surface area contributed by atoms with Crippen LogP contribution in [0, 0.1) is 0 Å². The van der Waals surface area contributed by atoms with Crippen LogP contribution in [-0.2, 0) is 21.1 Å². The van der Waals surface area contributed by atoms with E-state index >= 15 is 0 Å². The van der Waals surface area contributed by atoms with Crippen LogP contribution >= 0.6 is 0 Å². The van der Waals surface area contributed by atoms with Gasteiger partial charge in [0, 0.05) is 6.26 Å². The molecule has 0 bridgehead atoms. The number of rotatable bonds is 6. The van der Waals surface area contributed by atoms with Gasteiger partial charge in [-0.3, -0.25) is 4.79 Å². The van der Waals surface area contributed by atoms with Crippen LogP contribution in [0.5, 0.6) is 0 Å². The van der Waals surface area contributed by atoms with Crippen LogP contribution in [0.1, 0.15) is 18.4 Å². The van der Waals surface area contributed by atoms with Crippen molar-refractivity contribution in [2.75, 3.05) is 6.26 Å². The van der Waals surface area contributed by atoms with Crippen molar-refractivity contribution in [1.29, 1.82) is 0 Å². The fourth-order valence-corrected chi connectivity index (χ4v) is 2.18. The van der Waals surface area contributed by atoms with E-state index in [1.54, 1.807) is 24.3 Å². The Hall–Kier alpha value is -1.40. The molecule has 0 aliphatic rings. The summed E-state index contributed by atoms with van der Waals surface area (Å²) in [6, 6.07) is 5.76. The number of carboxylic acids is 1. The highest BCUT2D eigenvalue weighted by molar-refractivity contribution is 7.90. The minimum atomic E-state index is -3.16. The van der Waals surface area contributed by atoms with E-state index in [0.717, 1.165) is 11.8 Å². The third kappa shape index (κ3) is 4.46. The monoisotopic (exact) mass is 271 g/mol. The second kappa shape index (κ2) is 5.97. The second-order valence-electron chi connectivity index (χ2n) is 4.25. The molecular formula is C12H17NO4S. The van der Waals surface area contributed by atoms with E-state index < -0.39 is 21.8 Å². The molecule has 1 rings (SSSR count). The Labute approximate surface area is 107 Å². The summed E-state index contributed by atoms with van der Waals surface area (Å²) in [4.78, 5) is 10.8. The first-order valence-corrected chi connectivity index (χ1v) is 7.47. The van der Waals surface area contributed by atoms with E-state index in [1.165, 1.54) is 0 Å². The van der Waals surface area contributed by atoms with E-state index in [-0.39, 0.29) is 4.90 Å². The molecular weight excluding hydrogens is 254 g/mol. The molecule has 3 N–H and O–H groups in total. The number of hydrogen-bond acceptors (Lipinski definition) is 4. The van der Waals surface area contributed by atoms with Gasteiger partial charge in [0.25, 0.3) is 0 Å². The molecule has 0 saturated heterocycles. The molecule has 1 aromatic rings. The number of aliphatic carboxylic acids is 1. The molecule has 6 heteroatoms. The van der Waals surface area contributed by atoms with Crippen molar-refractivity contribution in [3.8, 4) is 0 Å². The summed E-state index contributed by atoms with van der Waals surface area (Å²) in [7, 11) is -3.16. The van der Waals surface area contributed by atoms with Crippen molar-refractivity contribution < 1.29 is 18.3 Å². The largest absolute Gasteiger partial charge is 0.480 e. The maximum atomic E-state index is 11.2. The van der Waals surface area contributed by atoms with Gasteiger partial charge in [-0.15, -0.1) is 0 Å². The van der Waals surface area contributed by atoms with E-state index in [9.17, 15) is 13.2 Å². The normalized spacial score (nSPS) is 13.2. The first-order chi connectivity index (χ1) is 8.30. The molecule has 0 aliphatic heterocycles. The van der Waals surface area contributed by atoms with E-state index in [2.05, 4.69) is 0 Å². The lowest BCUT2D eigenvalue weighted by molar-refractivity contribution is -0.138. The number of aryl methyl sites for hydroxylation is 1. The van der Waals surface area contributed by atoms with Gasteiger partial charge in [-0.2, -0.15) is 0 Å². The molecule has 0 amide bonds. The van der Waals surface area contributed by atoms with Crippen LogP contribution in [-0.4, -0.2) is 31.8 Å². The van der Waals surface area contributed by atoms with Crippen LogP contribution in [0.25, 0.3) is 0 Å². The fourth-order valence-electron chi connectivity index (χ4n) is 1.55. The minimum Gasteiger partial charge on any atom is -0.480 e. The first-order valence-electron chi connectivity index (χ1n) is 5.58. The van der Waals surface area contributed by atoms with Gasteiger partial charge >= 0.3 is 5.97 Å². The summed E-state index contributed by atoms with van der Waals surface area (Å²) < 4.78 is 22.5. The summed E-state index contributed by atoms with van der Waals surface area (Å²) in [5, 5.41) is 8.61. The number of nitrogens with two attached hydrogens (primary N) is 1. The van der Waals surface area contributed by atoms with Crippen LogP contribution < -0.4 is 5.73 Å². The molecule has 0 radical (unpaired) electrons. The average molecular weight is 271 g/mol. The zero-order valence-electron chi connectivity index (χ0n) is 10.2. The molecule has 0 fully saturated rings. The van der Waals surface area contributed by atoms with Crippen LogP contribution in [0.2, 0.25) is 0 Å². The maximum absolute atomic E-state index is 11.2. The molecule has 0 aliphatic carbocycles. The SMILES string of the molecule is CS(=O)(=O)c1ccc(CCCC(N)C(=O)O)cc1. The van der Waals surface area contributed by atoms with Crippen LogP contribution in [0.4, 0.5) is 0 Å². The highest BCUT2D eigenvalue weighted by atomic mass is 32.2. The van der Waals surface area contributed by atoms with Gasteiger partial charge in [-0.1, -0.05) is 12.1 Å². The molecule has 1 unspecified atom stereocenters. The lowest BCUT2D eigenvalue weighted by Gasteiger charge is -2.06. The number of carboxylic acid groups (broad SMARTS) is 1. The predicted octanol–water partition coefficient (Wildman–Crippen LogP) is 0.825. The van der Waals surface area contributed by atoms with Gasteiger partial charge in [-0.25, -0.2) is 8.42 Å².